The van der Waals surface area contributed by atoms with Crippen LogP contribution < -0.4 is 10.1 Å². The summed E-state index contributed by atoms with van der Waals surface area (Å²) in [6.45, 7) is 4.57. The highest BCUT2D eigenvalue weighted by atomic mass is 35.5. The first-order chi connectivity index (χ1) is 13.2. The number of methoxy groups -OCH3 is 1. The van der Waals surface area contributed by atoms with Crippen LogP contribution in [-0.2, 0) is 0 Å². The lowest BCUT2D eigenvalue weighted by Crippen LogP contribution is -2.45. The Balaban J connectivity index is 0.00000225. The van der Waals surface area contributed by atoms with Crippen LogP contribution in [0.4, 0.5) is 0 Å². The average molecular weight is 406 g/mol. The molecule has 0 unspecified atom stereocenters. The zero-order chi connectivity index (χ0) is 18.8. The van der Waals surface area contributed by atoms with Crippen LogP contribution in [0, 0.1) is 12.8 Å². The van der Waals surface area contributed by atoms with E-state index in [1.165, 1.54) is 12.8 Å². The topological polar surface area (TPSA) is 72.3 Å². The number of halogens is 1. The number of piperidine rings is 1. The van der Waals surface area contributed by atoms with Gasteiger partial charge in [-0.15, -0.1) is 17.5 Å². The second-order valence-electron chi connectivity index (χ2n) is 7.55. The highest BCUT2D eigenvalue weighted by Crippen LogP contribution is 2.28. The van der Waals surface area contributed by atoms with Gasteiger partial charge in [-0.2, -0.15) is 0 Å². The first-order valence-electron chi connectivity index (χ1n) is 9.75. The fourth-order valence-corrected chi connectivity index (χ4v) is 3.59. The van der Waals surface area contributed by atoms with Gasteiger partial charge in [-0.1, -0.05) is 5.21 Å². The van der Waals surface area contributed by atoms with Crippen molar-refractivity contribution in [3.05, 3.63) is 35.7 Å². The van der Waals surface area contributed by atoms with E-state index in [0.717, 1.165) is 55.5 Å². The quantitative estimate of drug-likeness (QED) is 0.799. The summed E-state index contributed by atoms with van der Waals surface area (Å²) >= 11 is 0. The van der Waals surface area contributed by atoms with Crippen LogP contribution in [0.5, 0.6) is 5.75 Å². The molecule has 152 valence electrons. The van der Waals surface area contributed by atoms with Crippen molar-refractivity contribution in [1.29, 1.82) is 0 Å². The SMILES string of the molecule is COc1ccc(-n2nnc(C(=O)N3CCC(NCC4CC4)CC3)c2C)cc1.Cl. The molecule has 2 heterocycles. The second kappa shape index (κ2) is 8.92. The third-order valence-corrected chi connectivity index (χ3v) is 5.59. The van der Waals surface area contributed by atoms with Gasteiger partial charge in [0.25, 0.3) is 5.91 Å². The number of aromatic nitrogens is 3. The highest BCUT2D eigenvalue weighted by Gasteiger charge is 2.28. The summed E-state index contributed by atoms with van der Waals surface area (Å²) in [6, 6.07) is 8.09. The lowest BCUT2D eigenvalue weighted by Gasteiger charge is -2.32. The van der Waals surface area contributed by atoms with Gasteiger partial charge >= 0.3 is 0 Å². The van der Waals surface area contributed by atoms with Crippen LogP contribution in [0.25, 0.3) is 5.69 Å². The van der Waals surface area contributed by atoms with Crippen molar-refractivity contribution in [3.63, 3.8) is 0 Å². The fourth-order valence-electron chi connectivity index (χ4n) is 3.59. The molecule has 0 spiro atoms. The Bertz CT molecular complexity index is 795. The van der Waals surface area contributed by atoms with Crippen molar-refractivity contribution in [2.45, 2.75) is 38.6 Å². The number of hydrogen-bond acceptors (Lipinski definition) is 5. The van der Waals surface area contributed by atoms with Crippen LogP contribution in [-0.4, -0.2) is 58.6 Å². The van der Waals surface area contributed by atoms with Crippen molar-refractivity contribution in [1.82, 2.24) is 25.2 Å². The van der Waals surface area contributed by atoms with E-state index in [4.69, 9.17) is 4.74 Å². The zero-order valence-corrected chi connectivity index (χ0v) is 17.2. The van der Waals surface area contributed by atoms with E-state index < -0.39 is 0 Å². The van der Waals surface area contributed by atoms with Gasteiger partial charge in [-0.25, -0.2) is 4.68 Å². The van der Waals surface area contributed by atoms with Crippen molar-refractivity contribution in [3.8, 4) is 11.4 Å². The summed E-state index contributed by atoms with van der Waals surface area (Å²) in [6.07, 6.45) is 4.75. The molecule has 1 N–H and O–H groups in total. The van der Waals surface area contributed by atoms with Gasteiger partial charge in [0.2, 0.25) is 0 Å². The molecule has 0 bridgehead atoms. The lowest BCUT2D eigenvalue weighted by molar-refractivity contribution is 0.0698. The Morgan fingerprint density at radius 1 is 1.18 bits per heavy atom. The first-order valence-corrected chi connectivity index (χ1v) is 9.75. The number of nitrogens with one attached hydrogen (secondary N) is 1. The Kier molecular flexibility index (Phi) is 6.57. The molecule has 4 rings (SSSR count). The Labute approximate surface area is 171 Å². The standard InChI is InChI=1S/C20H27N5O2.ClH/c1-14-19(22-23-25(14)17-5-7-18(27-2)8-6-17)20(26)24-11-9-16(10-12-24)21-13-15-3-4-15;/h5-8,15-16,21H,3-4,9-13H2,1-2H3;1H. The van der Waals surface area contributed by atoms with Gasteiger partial charge in [0.05, 0.1) is 18.5 Å². The third kappa shape index (κ3) is 4.47. The van der Waals surface area contributed by atoms with E-state index >= 15 is 0 Å². The van der Waals surface area contributed by atoms with E-state index in [2.05, 4.69) is 15.6 Å². The molecule has 28 heavy (non-hydrogen) atoms. The molecule has 0 atom stereocenters. The molecular weight excluding hydrogens is 378 g/mol. The monoisotopic (exact) mass is 405 g/mol. The van der Waals surface area contributed by atoms with Gasteiger partial charge in [0.15, 0.2) is 5.69 Å². The second-order valence-corrected chi connectivity index (χ2v) is 7.55. The minimum atomic E-state index is -0.0205. The molecule has 7 nitrogen and oxygen atoms in total. The summed E-state index contributed by atoms with van der Waals surface area (Å²) in [4.78, 5) is 14.8. The van der Waals surface area contributed by atoms with Crippen LogP contribution in [0.2, 0.25) is 0 Å². The normalized spacial score (nSPS) is 17.3. The maximum Gasteiger partial charge on any atom is 0.276 e. The van der Waals surface area contributed by atoms with E-state index in [0.29, 0.717) is 11.7 Å². The van der Waals surface area contributed by atoms with Crippen molar-refractivity contribution >= 4 is 18.3 Å². The molecule has 1 aliphatic heterocycles. The molecular formula is C20H28ClN5O2. The number of carbonyl (C=O) groups excluding carboxylic acids is 1. The number of carbonyl (C=O) groups is 1. The molecule has 1 saturated carbocycles. The number of likely N-dealkylation sites (tertiary alicyclic amines) is 1. The summed E-state index contributed by atoms with van der Waals surface area (Å²) in [5.74, 6) is 1.65. The summed E-state index contributed by atoms with van der Waals surface area (Å²) in [5, 5.41) is 12.0. The van der Waals surface area contributed by atoms with Gasteiger partial charge in [-0.3, -0.25) is 4.79 Å². The van der Waals surface area contributed by atoms with Gasteiger partial charge < -0.3 is 15.0 Å². The lowest BCUT2D eigenvalue weighted by atomic mass is 10.0. The fraction of sp³-hybridized carbons (Fsp3) is 0.550. The third-order valence-electron chi connectivity index (χ3n) is 5.59. The van der Waals surface area contributed by atoms with E-state index in [9.17, 15) is 4.79 Å². The molecule has 0 radical (unpaired) electrons. The maximum absolute atomic E-state index is 12.9. The molecule has 1 amide bonds. The summed E-state index contributed by atoms with van der Waals surface area (Å²) < 4.78 is 6.89. The van der Waals surface area contributed by atoms with Crippen LogP contribution in [0.1, 0.15) is 41.9 Å². The number of hydrogen-bond donors (Lipinski definition) is 1. The smallest absolute Gasteiger partial charge is 0.276 e. The molecule has 1 aromatic heterocycles. The molecule has 2 aliphatic rings. The predicted octanol–water partition coefficient (Wildman–Crippen LogP) is 2.61. The average Bonchev–Trinajstić information content (AvgIpc) is 3.47. The summed E-state index contributed by atoms with van der Waals surface area (Å²) in [7, 11) is 1.64. The van der Waals surface area contributed by atoms with Crippen LogP contribution in [0.15, 0.2) is 24.3 Å². The minimum Gasteiger partial charge on any atom is -0.497 e. The Morgan fingerprint density at radius 2 is 1.86 bits per heavy atom. The van der Waals surface area contributed by atoms with Crippen LogP contribution >= 0.6 is 12.4 Å². The maximum atomic E-state index is 12.9. The van der Waals surface area contributed by atoms with Crippen LogP contribution in [0.3, 0.4) is 0 Å². The number of rotatable bonds is 6. The Morgan fingerprint density at radius 3 is 2.46 bits per heavy atom. The number of ether oxygens (including phenoxy) is 1. The van der Waals surface area contributed by atoms with Gasteiger partial charge in [-0.05, 0) is 69.3 Å². The number of amides is 1. The van der Waals surface area contributed by atoms with Gasteiger partial charge in [0, 0.05) is 19.1 Å². The van der Waals surface area contributed by atoms with E-state index in [1.54, 1.807) is 11.8 Å². The van der Waals surface area contributed by atoms with E-state index in [1.807, 2.05) is 36.1 Å². The molecule has 2 aromatic rings. The minimum absolute atomic E-state index is 0. The highest BCUT2D eigenvalue weighted by molar-refractivity contribution is 5.93. The molecule has 1 saturated heterocycles. The molecule has 1 aliphatic carbocycles. The molecule has 8 heteroatoms. The Hall–Kier alpha value is -2.12. The first kappa shape index (κ1) is 20.6. The number of nitrogens with zero attached hydrogens (tertiary/aromatic N) is 4. The molecule has 2 fully saturated rings. The van der Waals surface area contributed by atoms with Crippen molar-refractivity contribution < 1.29 is 9.53 Å². The molecule has 1 aromatic carbocycles. The number of benzene rings is 1. The van der Waals surface area contributed by atoms with Crippen molar-refractivity contribution in [2.75, 3.05) is 26.7 Å². The predicted molar refractivity (Wildman–Crippen MR) is 110 cm³/mol. The zero-order valence-electron chi connectivity index (χ0n) is 16.4. The summed E-state index contributed by atoms with van der Waals surface area (Å²) in [5.41, 5.74) is 2.07. The van der Waals surface area contributed by atoms with Gasteiger partial charge in [0.1, 0.15) is 5.75 Å². The van der Waals surface area contributed by atoms with E-state index in [-0.39, 0.29) is 18.3 Å². The van der Waals surface area contributed by atoms with Crippen molar-refractivity contribution in [2.24, 2.45) is 5.92 Å². The largest absolute Gasteiger partial charge is 0.497 e.